The van der Waals surface area contributed by atoms with Crippen molar-refractivity contribution >= 4 is 32.9 Å². The van der Waals surface area contributed by atoms with Crippen LogP contribution in [0.4, 0.5) is 0 Å². The largest absolute Gasteiger partial charge is 0.489 e. The fourth-order valence-corrected chi connectivity index (χ4v) is 3.51. The maximum atomic E-state index is 10.6. The van der Waals surface area contributed by atoms with Crippen LogP contribution in [0.5, 0.6) is 5.75 Å². The van der Waals surface area contributed by atoms with Crippen LogP contribution in [-0.2, 0) is 0 Å². The van der Waals surface area contributed by atoms with E-state index in [1.54, 1.807) is 11.8 Å². The predicted molar refractivity (Wildman–Crippen MR) is 76.1 cm³/mol. The van der Waals surface area contributed by atoms with Crippen molar-refractivity contribution in [2.24, 2.45) is 4.99 Å². The number of benzene rings is 1. The minimum Gasteiger partial charge on any atom is -0.489 e. The summed E-state index contributed by atoms with van der Waals surface area (Å²) in [6.45, 7) is 1.81. The highest BCUT2D eigenvalue weighted by molar-refractivity contribution is 9.10. The van der Waals surface area contributed by atoms with Crippen molar-refractivity contribution in [1.29, 1.82) is 0 Å². The van der Waals surface area contributed by atoms with Crippen molar-refractivity contribution in [3.8, 4) is 5.75 Å². The van der Waals surface area contributed by atoms with Crippen LogP contribution in [0.15, 0.2) is 33.7 Å². The highest BCUT2D eigenvalue weighted by atomic mass is 79.9. The van der Waals surface area contributed by atoms with Gasteiger partial charge in [0.25, 0.3) is 0 Å². The maximum absolute atomic E-state index is 10.6. The second kappa shape index (κ2) is 4.75. The topological polar surface area (TPSA) is 45.1 Å². The first-order valence-electron chi connectivity index (χ1n) is 5.73. The van der Waals surface area contributed by atoms with Crippen LogP contribution >= 0.6 is 27.7 Å². The summed E-state index contributed by atoms with van der Waals surface area (Å²) in [5.74, 6) is 1.38. The fourth-order valence-electron chi connectivity index (χ4n) is 2.04. The number of aliphatic imine (C=N–C) groups is 1. The van der Waals surface area contributed by atoms with E-state index in [2.05, 4.69) is 20.9 Å². The van der Waals surface area contributed by atoms with Crippen molar-refractivity contribution in [2.75, 3.05) is 25.4 Å². The second-order valence-corrected chi connectivity index (χ2v) is 6.19. The molecule has 2 aliphatic rings. The summed E-state index contributed by atoms with van der Waals surface area (Å²) in [6, 6.07) is 7.61. The van der Waals surface area contributed by atoms with E-state index in [1.165, 1.54) is 0 Å². The molecule has 0 aromatic heterocycles. The van der Waals surface area contributed by atoms with Crippen molar-refractivity contribution in [2.45, 2.75) is 5.72 Å². The smallest absolute Gasteiger partial charge is 0.184 e. The Kier molecular flexibility index (Phi) is 3.25. The summed E-state index contributed by atoms with van der Waals surface area (Å²) in [5, 5.41) is 11.5. The quantitative estimate of drug-likeness (QED) is 0.921. The molecule has 18 heavy (non-hydrogen) atoms. The molecule has 0 spiro atoms. The SMILES string of the molecule is OC1(COc2ccc(Br)cc2)CSC2=NCCN21. The molecule has 2 heterocycles. The first-order valence-corrected chi connectivity index (χ1v) is 7.51. The molecule has 0 amide bonds. The molecule has 1 aromatic carbocycles. The zero-order valence-electron chi connectivity index (χ0n) is 9.67. The molecule has 0 aliphatic carbocycles. The number of ether oxygens (including phenoxy) is 1. The molecule has 2 aliphatic heterocycles. The predicted octanol–water partition coefficient (Wildman–Crippen LogP) is 1.93. The third-order valence-corrected chi connectivity index (χ3v) is 4.76. The summed E-state index contributed by atoms with van der Waals surface area (Å²) < 4.78 is 6.69. The summed E-state index contributed by atoms with van der Waals surface area (Å²) >= 11 is 4.97. The Bertz CT molecular complexity index is 479. The number of aliphatic hydroxyl groups is 1. The van der Waals surface area contributed by atoms with E-state index in [-0.39, 0.29) is 6.61 Å². The summed E-state index contributed by atoms with van der Waals surface area (Å²) in [6.07, 6.45) is 0. The number of hydrogen-bond acceptors (Lipinski definition) is 5. The number of hydrogen-bond donors (Lipinski definition) is 1. The van der Waals surface area contributed by atoms with Crippen LogP contribution in [0.3, 0.4) is 0 Å². The lowest BCUT2D eigenvalue weighted by molar-refractivity contribution is -0.0694. The Balaban J connectivity index is 1.66. The van der Waals surface area contributed by atoms with Crippen LogP contribution in [0.1, 0.15) is 0 Å². The second-order valence-electron chi connectivity index (χ2n) is 4.33. The van der Waals surface area contributed by atoms with Gasteiger partial charge >= 0.3 is 0 Å². The van der Waals surface area contributed by atoms with E-state index in [0.29, 0.717) is 5.75 Å². The van der Waals surface area contributed by atoms with Gasteiger partial charge in [0.1, 0.15) is 12.4 Å². The van der Waals surface area contributed by atoms with E-state index < -0.39 is 5.72 Å². The number of nitrogens with zero attached hydrogens (tertiary/aromatic N) is 2. The highest BCUT2D eigenvalue weighted by Gasteiger charge is 2.45. The maximum Gasteiger partial charge on any atom is 0.184 e. The fraction of sp³-hybridized carbons (Fsp3) is 0.417. The molecule has 1 unspecified atom stereocenters. The van der Waals surface area contributed by atoms with Gasteiger partial charge in [0.05, 0.1) is 12.3 Å². The minimum atomic E-state index is -0.924. The van der Waals surface area contributed by atoms with Crippen molar-refractivity contribution < 1.29 is 9.84 Å². The van der Waals surface area contributed by atoms with Gasteiger partial charge in [-0.05, 0) is 24.3 Å². The summed E-state index contributed by atoms with van der Waals surface area (Å²) in [7, 11) is 0. The third-order valence-electron chi connectivity index (χ3n) is 3.02. The van der Waals surface area contributed by atoms with Crippen molar-refractivity contribution in [1.82, 2.24) is 4.90 Å². The van der Waals surface area contributed by atoms with Crippen molar-refractivity contribution in [3.05, 3.63) is 28.7 Å². The van der Waals surface area contributed by atoms with E-state index >= 15 is 0 Å². The Hall–Kier alpha value is -0.720. The molecular formula is C12H13BrN2O2S. The molecule has 0 radical (unpaired) electrons. The zero-order valence-corrected chi connectivity index (χ0v) is 12.1. The molecule has 1 aromatic rings. The lowest BCUT2D eigenvalue weighted by Crippen LogP contribution is -2.51. The molecule has 3 rings (SSSR count). The van der Waals surface area contributed by atoms with Crippen LogP contribution in [-0.4, -0.2) is 46.3 Å². The van der Waals surface area contributed by atoms with Gasteiger partial charge in [-0.2, -0.15) is 0 Å². The number of rotatable bonds is 3. The van der Waals surface area contributed by atoms with Gasteiger partial charge in [-0.1, -0.05) is 27.7 Å². The average Bonchev–Trinajstić information content (AvgIpc) is 2.94. The monoisotopic (exact) mass is 328 g/mol. The van der Waals surface area contributed by atoms with Crippen LogP contribution < -0.4 is 4.74 Å². The molecule has 1 saturated heterocycles. The minimum absolute atomic E-state index is 0.265. The number of halogens is 1. The number of fused-ring (bicyclic) bond motifs is 1. The Morgan fingerprint density at radius 1 is 1.44 bits per heavy atom. The Morgan fingerprint density at radius 2 is 2.22 bits per heavy atom. The van der Waals surface area contributed by atoms with E-state index in [1.807, 2.05) is 29.2 Å². The Labute approximate surface area is 118 Å². The van der Waals surface area contributed by atoms with Gasteiger partial charge in [0.2, 0.25) is 0 Å². The molecule has 0 saturated carbocycles. The van der Waals surface area contributed by atoms with Crippen LogP contribution in [0.25, 0.3) is 0 Å². The zero-order chi connectivity index (χ0) is 12.6. The van der Waals surface area contributed by atoms with Gasteiger partial charge in [-0.25, -0.2) is 0 Å². The molecule has 1 fully saturated rings. The molecular weight excluding hydrogens is 316 g/mol. The van der Waals surface area contributed by atoms with Crippen LogP contribution in [0, 0.1) is 0 Å². The lowest BCUT2D eigenvalue weighted by atomic mass is 10.2. The number of thioether (sulfide) groups is 1. The van der Waals surface area contributed by atoms with E-state index in [4.69, 9.17) is 4.74 Å². The average molecular weight is 329 g/mol. The first kappa shape index (κ1) is 12.3. The first-order chi connectivity index (χ1) is 8.67. The van der Waals surface area contributed by atoms with Gasteiger partial charge in [-0.3, -0.25) is 4.99 Å². The molecule has 1 N–H and O–H groups in total. The molecule has 0 bridgehead atoms. The molecule has 1 atom stereocenters. The van der Waals surface area contributed by atoms with E-state index in [9.17, 15) is 5.11 Å². The highest BCUT2D eigenvalue weighted by Crippen LogP contribution is 2.34. The lowest BCUT2D eigenvalue weighted by Gasteiger charge is -2.31. The van der Waals surface area contributed by atoms with Gasteiger partial charge in [0, 0.05) is 11.0 Å². The standard InChI is InChI=1S/C12H13BrN2O2S/c13-9-1-3-10(4-2-9)17-7-12(16)8-18-11-14-5-6-15(11)12/h1-4,16H,5-8H2. The van der Waals surface area contributed by atoms with Gasteiger partial charge < -0.3 is 14.7 Å². The third kappa shape index (κ3) is 2.24. The summed E-state index contributed by atoms with van der Waals surface area (Å²) in [4.78, 5) is 6.28. The Morgan fingerprint density at radius 3 is 3.00 bits per heavy atom. The van der Waals surface area contributed by atoms with Gasteiger partial charge in [-0.15, -0.1) is 0 Å². The molecule has 96 valence electrons. The number of amidine groups is 1. The molecule has 6 heteroatoms. The van der Waals surface area contributed by atoms with Crippen LogP contribution in [0.2, 0.25) is 0 Å². The van der Waals surface area contributed by atoms with Crippen molar-refractivity contribution in [3.63, 3.8) is 0 Å². The van der Waals surface area contributed by atoms with E-state index in [0.717, 1.165) is 28.5 Å². The molecule has 4 nitrogen and oxygen atoms in total. The normalized spacial score (nSPS) is 26.1. The summed E-state index contributed by atoms with van der Waals surface area (Å²) in [5.41, 5.74) is -0.924. The van der Waals surface area contributed by atoms with Gasteiger partial charge in [0.15, 0.2) is 10.9 Å².